The summed E-state index contributed by atoms with van der Waals surface area (Å²) < 4.78 is 5.26. The van der Waals surface area contributed by atoms with E-state index in [-0.39, 0.29) is 24.5 Å². The van der Waals surface area contributed by atoms with Gasteiger partial charge < -0.3 is 15.2 Å². The summed E-state index contributed by atoms with van der Waals surface area (Å²) in [6, 6.07) is 0.123. The van der Waals surface area contributed by atoms with Crippen LogP contribution >= 0.6 is 0 Å². The fraction of sp³-hybridized carbons (Fsp3) is 0.857. The molecule has 0 saturated heterocycles. The Morgan fingerprint density at radius 3 is 2.37 bits per heavy atom. The summed E-state index contributed by atoms with van der Waals surface area (Å²) in [7, 11) is 1.68. The molecule has 2 N–H and O–H groups in total. The van der Waals surface area contributed by atoms with Crippen LogP contribution in [-0.4, -0.2) is 36.2 Å². The molecule has 1 aliphatic rings. The highest BCUT2D eigenvalue weighted by atomic mass is 16.5. The molecule has 0 radical (unpaired) electrons. The molecule has 2 atom stereocenters. The Hall–Kier alpha value is -1.10. The van der Waals surface area contributed by atoms with E-state index in [1.54, 1.807) is 7.11 Å². The molecule has 1 saturated carbocycles. The zero-order valence-corrected chi connectivity index (χ0v) is 12.1. The van der Waals surface area contributed by atoms with E-state index < -0.39 is 11.4 Å². The second kappa shape index (κ2) is 6.89. The van der Waals surface area contributed by atoms with Crippen LogP contribution in [0.15, 0.2) is 0 Å². The molecule has 1 rings (SSSR count). The first-order chi connectivity index (χ1) is 8.97. The van der Waals surface area contributed by atoms with Crippen LogP contribution in [0.2, 0.25) is 0 Å². The van der Waals surface area contributed by atoms with Crippen LogP contribution < -0.4 is 5.32 Å². The third-order valence-corrected chi connectivity index (χ3v) is 4.39. The third kappa shape index (κ3) is 3.93. The molecule has 1 fully saturated rings. The van der Waals surface area contributed by atoms with Crippen LogP contribution in [0, 0.1) is 5.41 Å². The number of carbonyl (C=O) groups is 2. The number of carbonyl (C=O) groups excluding carboxylic acids is 1. The largest absolute Gasteiger partial charge is 0.481 e. The minimum Gasteiger partial charge on any atom is -0.481 e. The van der Waals surface area contributed by atoms with Crippen molar-refractivity contribution in [3.8, 4) is 0 Å². The van der Waals surface area contributed by atoms with Gasteiger partial charge in [0.1, 0.15) is 0 Å². The van der Waals surface area contributed by atoms with Gasteiger partial charge in [-0.3, -0.25) is 9.59 Å². The van der Waals surface area contributed by atoms with Gasteiger partial charge >= 0.3 is 5.97 Å². The lowest BCUT2D eigenvalue weighted by atomic mass is 9.79. The lowest BCUT2D eigenvalue weighted by molar-refractivity contribution is -0.152. The molecule has 5 nitrogen and oxygen atoms in total. The Kier molecular flexibility index (Phi) is 5.79. The first-order valence-corrected chi connectivity index (χ1v) is 7.03. The fourth-order valence-corrected chi connectivity index (χ4v) is 2.75. The number of ether oxygens (including phenoxy) is 1. The van der Waals surface area contributed by atoms with Gasteiger partial charge in [0.15, 0.2) is 0 Å². The Morgan fingerprint density at radius 2 is 1.95 bits per heavy atom. The molecule has 1 amide bonds. The number of nitrogens with one attached hydrogen (secondary N) is 1. The molecule has 0 bridgehead atoms. The molecule has 19 heavy (non-hydrogen) atoms. The molecule has 0 spiro atoms. The Morgan fingerprint density at radius 1 is 1.32 bits per heavy atom. The number of hydrogen-bond donors (Lipinski definition) is 2. The van der Waals surface area contributed by atoms with Gasteiger partial charge in [-0.1, -0.05) is 13.8 Å². The number of aliphatic carboxylic acids is 1. The summed E-state index contributed by atoms with van der Waals surface area (Å²) in [4.78, 5) is 23.4. The minimum absolute atomic E-state index is 0.0590. The predicted molar refractivity (Wildman–Crippen MR) is 71.8 cm³/mol. The number of carboxylic acids is 1. The van der Waals surface area contributed by atoms with Crippen molar-refractivity contribution in [2.24, 2.45) is 5.41 Å². The van der Waals surface area contributed by atoms with E-state index in [0.717, 1.165) is 19.3 Å². The molecule has 0 aliphatic heterocycles. The lowest BCUT2D eigenvalue weighted by Crippen LogP contribution is -2.40. The van der Waals surface area contributed by atoms with Crippen molar-refractivity contribution in [3.63, 3.8) is 0 Å². The predicted octanol–water partition coefficient (Wildman–Crippen LogP) is 1.95. The van der Waals surface area contributed by atoms with Crippen molar-refractivity contribution in [2.45, 2.75) is 64.5 Å². The standard InChI is InChI=1S/C14H25NO4/c1-4-14(5-2,13(17)18)9-12(16)15-10-6-7-11(8-10)19-3/h10-11H,4-9H2,1-3H3,(H,15,16)(H,17,18). The molecule has 2 unspecified atom stereocenters. The van der Waals surface area contributed by atoms with E-state index in [1.165, 1.54) is 0 Å². The smallest absolute Gasteiger partial charge is 0.310 e. The van der Waals surface area contributed by atoms with Gasteiger partial charge in [-0.15, -0.1) is 0 Å². The van der Waals surface area contributed by atoms with Crippen LogP contribution in [-0.2, 0) is 14.3 Å². The quantitative estimate of drug-likeness (QED) is 0.742. The first-order valence-electron chi connectivity index (χ1n) is 7.03. The second-order valence-electron chi connectivity index (χ2n) is 5.40. The molecule has 0 heterocycles. The van der Waals surface area contributed by atoms with Crippen molar-refractivity contribution >= 4 is 11.9 Å². The van der Waals surface area contributed by atoms with Crippen molar-refractivity contribution in [1.29, 1.82) is 0 Å². The Labute approximate surface area is 114 Å². The average Bonchev–Trinajstić information content (AvgIpc) is 2.83. The minimum atomic E-state index is -0.927. The first kappa shape index (κ1) is 16.0. The highest BCUT2D eigenvalue weighted by Crippen LogP contribution is 2.31. The molecular formula is C14H25NO4. The average molecular weight is 271 g/mol. The molecular weight excluding hydrogens is 246 g/mol. The van der Waals surface area contributed by atoms with E-state index in [9.17, 15) is 14.7 Å². The lowest BCUT2D eigenvalue weighted by Gasteiger charge is -2.26. The second-order valence-corrected chi connectivity index (χ2v) is 5.40. The zero-order chi connectivity index (χ0) is 14.5. The van der Waals surface area contributed by atoms with Crippen molar-refractivity contribution in [1.82, 2.24) is 5.32 Å². The van der Waals surface area contributed by atoms with Crippen molar-refractivity contribution in [3.05, 3.63) is 0 Å². The highest BCUT2D eigenvalue weighted by Gasteiger charge is 2.38. The number of hydrogen-bond acceptors (Lipinski definition) is 3. The molecule has 0 aromatic heterocycles. The van der Waals surface area contributed by atoms with Gasteiger partial charge in [0, 0.05) is 19.6 Å². The maximum Gasteiger partial charge on any atom is 0.310 e. The number of methoxy groups -OCH3 is 1. The van der Waals surface area contributed by atoms with Gasteiger partial charge in [0.05, 0.1) is 11.5 Å². The van der Waals surface area contributed by atoms with Gasteiger partial charge in [-0.05, 0) is 32.1 Å². The third-order valence-electron chi connectivity index (χ3n) is 4.39. The van der Waals surface area contributed by atoms with Gasteiger partial charge in [-0.2, -0.15) is 0 Å². The Balaban J connectivity index is 2.52. The van der Waals surface area contributed by atoms with Crippen LogP contribution in [0.4, 0.5) is 0 Å². The van der Waals surface area contributed by atoms with Crippen molar-refractivity contribution in [2.75, 3.05) is 7.11 Å². The normalized spacial score (nSPS) is 23.3. The SMILES string of the molecule is CCC(CC)(CC(=O)NC1CCC(OC)C1)C(=O)O. The zero-order valence-electron chi connectivity index (χ0n) is 12.1. The van der Waals surface area contributed by atoms with Gasteiger partial charge in [0.2, 0.25) is 5.91 Å². The van der Waals surface area contributed by atoms with E-state index in [2.05, 4.69) is 5.32 Å². The summed E-state index contributed by atoms with van der Waals surface area (Å²) in [6.45, 7) is 3.64. The number of carboxylic acid groups (broad SMARTS) is 1. The summed E-state index contributed by atoms with van der Waals surface area (Å²) in [5.74, 6) is -1.04. The van der Waals surface area contributed by atoms with E-state index in [4.69, 9.17) is 4.74 Å². The molecule has 5 heteroatoms. The summed E-state index contributed by atoms with van der Waals surface area (Å²) >= 11 is 0. The summed E-state index contributed by atoms with van der Waals surface area (Å²) in [5.41, 5.74) is -0.927. The fourth-order valence-electron chi connectivity index (χ4n) is 2.75. The van der Waals surface area contributed by atoms with Crippen molar-refractivity contribution < 1.29 is 19.4 Å². The molecule has 0 aromatic rings. The highest BCUT2D eigenvalue weighted by molar-refractivity contribution is 5.85. The number of rotatable bonds is 7. The molecule has 1 aliphatic carbocycles. The van der Waals surface area contributed by atoms with Crippen LogP contribution in [0.5, 0.6) is 0 Å². The van der Waals surface area contributed by atoms with Gasteiger partial charge in [0.25, 0.3) is 0 Å². The van der Waals surface area contributed by atoms with Crippen LogP contribution in [0.3, 0.4) is 0 Å². The van der Waals surface area contributed by atoms with E-state index >= 15 is 0 Å². The summed E-state index contributed by atoms with van der Waals surface area (Å²) in [6.07, 6.45) is 3.89. The topological polar surface area (TPSA) is 75.6 Å². The summed E-state index contributed by atoms with van der Waals surface area (Å²) in [5, 5.41) is 12.3. The molecule has 0 aromatic carbocycles. The Bertz CT molecular complexity index is 325. The van der Waals surface area contributed by atoms with Crippen LogP contribution in [0.1, 0.15) is 52.4 Å². The van der Waals surface area contributed by atoms with E-state index in [0.29, 0.717) is 12.8 Å². The maximum absolute atomic E-state index is 12.0. The van der Waals surface area contributed by atoms with E-state index in [1.807, 2.05) is 13.8 Å². The number of amides is 1. The monoisotopic (exact) mass is 271 g/mol. The van der Waals surface area contributed by atoms with Crippen LogP contribution in [0.25, 0.3) is 0 Å². The maximum atomic E-state index is 12.0. The van der Waals surface area contributed by atoms with Gasteiger partial charge in [-0.25, -0.2) is 0 Å². The molecule has 110 valence electrons.